The van der Waals surface area contributed by atoms with Gasteiger partial charge in [-0.15, -0.1) is 11.6 Å². The number of nitrogens with zero attached hydrogens (tertiary/aromatic N) is 2. The van der Waals surface area contributed by atoms with E-state index in [1.54, 1.807) is 4.90 Å². The Morgan fingerprint density at radius 2 is 2.20 bits per heavy atom. The Bertz CT molecular complexity index is 321. The van der Waals surface area contributed by atoms with E-state index >= 15 is 0 Å². The van der Waals surface area contributed by atoms with Crippen LogP contribution < -0.4 is 0 Å². The summed E-state index contributed by atoms with van der Waals surface area (Å²) in [7, 11) is 1.81. The summed E-state index contributed by atoms with van der Waals surface area (Å²) in [5.41, 5.74) is 3.17. The van der Waals surface area contributed by atoms with Gasteiger partial charge in [-0.25, -0.2) is 0 Å². The highest BCUT2D eigenvalue weighted by Gasteiger charge is 2.19. The van der Waals surface area contributed by atoms with Gasteiger partial charge in [0.2, 0.25) is 5.91 Å². The fourth-order valence-corrected chi connectivity index (χ4v) is 1.67. The van der Waals surface area contributed by atoms with Crippen molar-refractivity contribution in [2.45, 2.75) is 26.7 Å². The summed E-state index contributed by atoms with van der Waals surface area (Å²) in [6.07, 6.45) is 1.24. The minimum atomic E-state index is 0.120. The lowest BCUT2D eigenvalue weighted by Gasteiger charge is -2.19. The SMILES string of the molecule is CC1=NCC(N(C)C(=O)CCCCl)=C1C. The second kappa shape index (κ2) is 5.31. The van der Waals surface area contributed by atoms with Gasteiger partial charge < -0.3 is 4.90 Å². The average molecular weight is 229 g/mol. The van der Waals surface area contributed by atoms with E-state index in [0.717, 1.165) is 23.4 Å². The second-order valence-corrected chi connectivity index (χ2v) is 4.10. The Morgan fingerprint density at radius 1 is 1.53 bits per heavy atom. The van der Waals surface area contributed by atoms with Gasteiger partial charge in [-0.1, -0.05) is 0 Å². The highest BCUT2D eigenvalue weighted by atomic mass is 35.5. The van der Waals surface area contributed by atoms with E-state index < -0.39 is 0 Å². The van der Waals surface area contributed by atoms with E-state index in [0.29, 0.717) is 18.8 Å². The van der Waals surface area contributed by atoms with Crippen LogP contribution in [0.4, 0.5) is 0 Å². The Kier molecular flexibility index (Phi) is 4.33. The van der Waals surface area contributed by atoms with Crippen molar-refractivity contribution in [1.29, 1.82) is 0 Å². The zero-order valence-electron chi connectivity index (χ0n) is 9.51. The number of halogens is 1. The second-order valence-electron chi connectivity index (χ2n) is 3.72. The molecule has 0 aromatic carbocycles. The molecule has 0 bridgehead atoms. The number of rotatable bonds is 4. The molecule has 0 fully saturated rings. The third-order valence-corrected chi connectivity index (χ3v) is 3.01. The van der Waals surface area contributed by atoms with Crippen molar-refractivity contribution in [2.24, 2.45) is 4.99 Å². The van der Waals surface area contributed by atoms with Gasteiger partial charge in [-0.3, -0.25) is 9.79 Å². The number of aliphatic imine (C=N–C) groups is 1. The van der Waals surface area contributed by atoms with Crippen LogP contribution in [0, 0.1) is 0 Å². The number of likely N-dealkylation sites (N-methyl/N-ethyl adjacent to an activating group) is 1. The van der Waals surface area contributed by atoms with Crippen molar-refractivity contribution in [3.63, 3.8) is 0 Å². The summed E-state index contributed by atoms with van der Waals surface area (Å²) < 4.78 is 0. The van der Waals surface area contributed by atoms with Gasteiger partial charge in [0.05, 0.1) is 6.54 Å². The van der Waals surface area contributed by atoms with E-state index in [-0.39, 0.29) is 5.91 Å². The van der Waals surface area contributed by atoms with Crippen LogP contribution in [0.1, 0.15) is 26.7 Å². The first kappa shape index (κ1) is 12.2. The molecule has 0 saturated heterocycles. The van der Waals surface area contributed by atoms with Gasteiger partial charge in [-0.05, 0) is 25.8 Å². The predicted octanol–water partition coefficient (Wildman–Crippen LogP) is 2.21. The molecular formula is C11H17ClN2O. The molecule has 0 saturated carbocycles. The first-order valence-electron chi connectivity index (χ1n) is 5.11. The van der Waals surface area contributed by atoms with Gasteiger partial charge in [0.15, 0.2) is 0 Å². The third-order valence-electron chi connectivity index (χ3n) is 2.74. The number of carbonyl (C=O) groups is 1. The summed E-state index contributed by atoms with van der Waals surface area (Å²) in [5.74, 6) is 0.655. The molecule has 1 aliphatic rings. The van der Waals surface area contributed by atoms with Crippen LogP contribution in [-0.4, -0.2) is 36.0 Å². The number of carbonyl (C=O) groups excluding carboxylic acids is 1. The molecule has 15 heavy (non-hydrogen) atoms. The highest BCUT2D eigenvalue weighted by molar-refractivity contribution is 6.17. The monoisotopic (exact) mass is 228 g/mol. The first-order chi connectivity index (χ1) is 7.07. The average Bonchev–Trinajstić information content (AvgIpc) is 2.55. The Labute approximate surface area is 95.8 Å². The smallest absolute Gasteiger partial charge is 0.226 e. The van der Waals surface area contributed by atoms with E-state index in [2.05, 4.69) is 4.99 Å². The number of amides is 1. The Hall–Kier alpha value is -0.830. The van der Waals surface area contributed by atoms with Crippen LogP contribution in [0.5, 0.6) is 0 Å². The fourth-order valence-electron chi connectivity index (χ4n) is 1.53. The Balaban J connectivity index is 2.62. The fraction of sp³-hybridized carbons (Fsp3) is 0.636. The van der Waals surface area contributed by atoms with Crippen LogP contribution in [0.15, 0.2) is 16.3 Å². The molecular weight excluding hydrogens is 212 g/mol. The summed E-state index contributed by atoms with van der Waals surface area (Å²) in [4.78, 5) is 17.7. The van der Waals surface area contributed by atoms with Crippen molar-refractivity contribution in [3.05, 3.63) is 11.3 Å². The summed E-state index contributed by atoms with van der Waals surface area (Å²) in [6.45, 7) is 4.60. The van der Waals surface area contributed by atoms with Gasteiger partial charge >= 0.3 is 0 Å². The summed E-state index contributed by atoms with van der Waals surface area (Å²) in [6, 6.07) is 0. The van der Waals surface area contributed by atoms with Crippen LogP contribution in [0.2, 0.25) is 0 Å². The van der Waals surface area contributed by atoms with Crippen LogP contribution in [0.3, 0.4) is 0 Å². The molecule has 0 unspecified atom stereocenters. The molecule has 0 N–H and O–H groups in total. The maximum Gasteiger partial charge on any atom is 0.226 e. The lowest BCUT2D eigenvalue weighted by Crippen LogP contribution is -2.27. The summed E-state index contributed by atoms with van der Waals surface area (Å²) >= 11 is 5.56. The van der Waals surface area contributed by atoms with Gasteiger partial charge in [0.25, 0.3) is 0 Å². The van der Waals surface area contributed by atoms with Crippen molar-refractivity contribution in [1.82, 2.24) is 4.90 Å². The quantitative estimate of drug-likeness (QED) is 0.679. The van der Waals surface area contributed by atoms with Crippen LogP contribution >= 0.6 is 11.6 Å². The highest BCUT2D eigenvalue weighted by Crippen LogP contribution is 2.18. The molecule has 0 aliphatic carbocycles. The molecule has 0 radical (unpaired) electrons. The summed E-state index contributed by atoms with van der Waals surface area (Å²) in [5, 5.41) is 0. The van der Waals surface area contributed by atoms with E-state index in [4.69, 9.17) is 11.6 Å². The van der Waals surface area contributed by atoms with Gasteiger partial charge in [0.1, 0.15) is 0 Å². The normalized spacial score (nSPS) is 15.6. The topological polar surface area (TPSA) is 32.7 Å². The number of hydrogen-bond donors (Lipinski definition) is 0. The number of allylic oxidation sites excluding steroid dienone is 1. The molecule has 1 heterocycles. The van der Waals surface area contributed by atoms with Crippen LogP contribution in [0.25, 0.3) is 0 Å². The maximum absolute atomic E-state index is 11.7. The molecule has 1 rings (SSSR count). The van der Waals surface area contributed by atoms with E-state index in [1.807, 2.05) is 20.9 Å². The minimum Gasteiger partial charge on any atom is -0.317 e. The van der Waals surface area contributed by atoms with Crippen molar-refractivity contribution >= 4 is 23.2 Å². The minimum absolute atomic E-state index is 0.120. The zero-order valence-corrected chi connectivity index (χ0v) is 10.3. The van der Waals surface area contributed by atoms with Crippen LogP contribution in [-0.2, 0) is 4.79 Å². The maximum atomic E-state index is 11.7. The third kappa shape index (κ3) is 2.81. The lowest BCUT2D eigenvalue weighted by atomic mass is 10.1. The molecule has 1 aliphatic heterocycles. The largest absolute Gasteiger partial charge is 0.317 e. The molecule has 0 spiro atoms. The first-order valence-corrected chi connectivity index (χ1v) is 5.65. The Morgan fingerprint density at radius 3 is 2.67 bits per heavy atom. The van der Waals surface area contributed by atoms with Crippen molar-refractivity contribution in [2.75, 3.05) is 19.5 Å². The van der Waals surface area contributed by atoms with E-state index in [1.165, 1.54) is 0 Å². The van der Waals surface area contributed by atoms with E-state index in [9.17, 15) is 4.79 Å². The number of alkyl halides is 1. The zero-order chi connectivity index (χ0) is 11.4. The molecule has 1 amide bonds. The molecule has 4 heteroatoms. The standard InChI is InChI=1S/C11H17ClN2O/c1-8-9(2)13-7-10(8)14(3)11(15)5-4-6-12/h4-7H2,1-3H3. The predicted molar refractivity (Wildman–Crippen MR) is 63.4 cm³/mol. The van der Waals surface area contributed by atoms with Crippen molar-refractivity contribution < 1.29 is 4.79 Å². The lowest BCUT2D eigenvalue weighted by molar-refractivity contribution is -0.128. The van der Waals surface area contributed by atoms with Gasteiger partial charge in [0, 0.05) is 30.8 Å². The number of hydrogen-bond acceptors (Lipinski definition) is 2. The van der Waals surface area contributed by atoms with Crippen molar-refractivity contribution in [3.8, 4) is 0 Å². The molecule has 84 valence electrons. The molecule has 0 aromatic heterocycles. The molecule has 0 aromatic rings. The molecule has 0 atom stereocenters. The van der Waals surface area contributed by atoms with Gasteiger partial charge in [-0.2, -0.15) is 0 Å². The molecule has 3 nitrogen and oxygen atoms in total.